The van der Waals surface area contributed by atoms with Crippen LogP contribution in [0.1, 0.15) is 38.1 Å². The summed E-state index contributed by atoms with van der Waals surface area (Å²) in [4.78, 5) is 23.5. The zero-order valence-corrected chi connectivity index (χ0v) is 11.5. The third-order valence-corrected chi connectivity index (χ3v) is 2.26. The number of Topliss-reactive ketones (excluding diaryl/α,β-unsaturated/α-hetero) is 1. The van der Waals surface area contributed by atoms with Gasteiger partial charge in [-0.2, -0.15) is 0 Å². The van der Waals surface area contributed by atoms with Crippen LogP contribution in [0.15, 0.2) is 24.3 Å². The molecule has 1 N–H and O–H groups in total. The Balaban J connectivity index is 2.63. The van der Waals surface area contributed by atoms with Crippen molar-refractivity contribution in [2.75, 3.05) is 0 Å². The van der Waals surface area contributed by atoms with Gasteiger partial charge in [0.05, 0.1) is 6.04 Å². The van der Waals surface area contributed by atoms with Crippen molar-refractivity contribution in [2.24, 2.45) is 0 Å². The van der Waals surface area contributed by atoms with Crippen LogP contribution in [0.25, 0.3) is 0 Å². The van der Waals surface area contributed by atoms with E-state index in [0.717, 1.165) is 0 Å². The largest absolute Gasteiger partial charge is 0.444 e. The molecule has 5 heteroatoms. The number of ketones is 1. The van der Waals surface area contributed by atoms with E-state index in [-0.39, 0.29) is 5.78 Å². The van der Waals surface area contributed by atoms with Crippen LogP contribution in [0.5, 0.6) is 0 Å². The van der Waals surface area contributed by atoms with Crippen LogP contribution in [-0.2, 0) is 4.74 Å². The molecular formula is C14H18FNO3. The molecule has 0 saturated carbocycles. The van der Waals surface area contributed by atoms with Gasteiger partial charge in [-0.25, -0.2) is 9.18 Å². The third kappa shape index (κ3) is 5.07. The molecule has 104 valence electrons. The van der Waals surface area contributed by atoms with Gasteiger partial charge in [0, 0.05) is 5.56 Å². The van der Waals surface area contributed by atoms with Gasteiger partial charge in [0.2, 0.25) is 0 Å². The van der Waals surface area contributed by atoms with E-state index in [4.69, 9.17) is 4.74 Å². The monoisotopic (exact) mass is 267 g/mol. The van der Waals surface area contributed by atoms with Gasteiger partial charge in [0.15, 0.2) is 5.78 Å². The predicted molar refractivity (Wildman–Crippen MR) is 69.6 cm³/mol. The second-order valence-corrected chi connectivity index (χ2v) is 5.24. The number of carbonyl (C=O) groups excluding carboxylic acids is 2. The quantitative estimate of drug-likeness (QED) is 0.857. The summed E-state index contributed by atoms with van der Waals surface area (Å²) in [6, 6.07) is 4.43. The maximum Gasteiger partial charge on any atom is 0.408 e. The number of ether oxygens (including phenoxy) is 1. The van der Waals surface area contributed by atoms with Crippen LogP contribution in [0.3, 0.4) is 0 Å². The number of hydrogen-bond acceptors (Lipinski definition) is 3. The molecule has 1 aromatic rings. The topological polar surface area (TPSA) is 55.4 Å². The summed E-state index contributed by atoms with van der Waals surface area (Å²) >= 11 is 0. The van der Waals surface area contributed by atoms with Crippen molar-refractivity contribution >= 4 is 11.9 Å². The van der Waals surface area contributed by atoms with E-state index in [0.29, 0.717) is 5.56 Å². The van der Waals surface area contributed by atoms with Crippen LogP contribution in [0.4, 0.5) is 9.18 Å². The Morgan fingerprint density at radius 2 is 1.74 bits per heavy atom. The highest BCUT2D eigenvalue weighted by Crippen LogP contribution is 2.09. The van der Waals surface area contributed by atoms with Gasteiger partial charge in [0.25, 0.3) is 0 Å². The Morgan fingerprint density at radius 1 is 1.21 bits per heavy atom. The second-order valence-electron chi connectivity index (χ2n) is 5.24. The first kappa shape index (κ1) is 15.1. The van der Waals surface area contributed by atoms with Crippen LogP contribution in [0.2, 0.25) is 0 Å². The molecule has 0 aromatic heterocycles. The van der Waals surface area contributed by atoms with Crippen LogP contribution in [0, 0.1) is 5.82 Å². The third-order valence-electron chi connectivity index (χ3n) is 2.26. The molecule has 0 aliphatic carbocycles. The molecular weight excluding hydrogens is 249 g/mol. The SMILES string of the molecule is C[C@@H](NC(=O)OC(C)(C)C)C(=O)c1ccc(F)cc1. The molecule has 0 heterocycles. The molecule has 0 aliphatic rings. The molecule has 1 atom stereocenters. The number of hydrogen-bond donors (Lipinski definition) is 1. The Kier molecular flexibility index (Phi) is 4.64. The number of rotatable bonds is 3. The molecule has 0 spiro atoms. The molecule has 0 saturated heterocycles. The predicted octanol–water partition coefficient (Wildman–Crippen LogP) is 2.92. The summed E-state index contributed by atoms with van der Waals surface area (Å²) in [6.07, 6.45) is -0.657. The highest BCUT2D eigenvalue weighted by atomic mass is 19.1. The highest BCUT2D eigenvalue weighted by molar-refractivity contribution is 6.01. The molecule has 0 bridgehead atoms. The maximum absolute atomic E-state index is 12.7. The number of nitrogens with one attached hydrogen (secondary N) is 1. The number of amides is 1. The zero-order valence-electron chi connectivity index (χ0n) is 11.5. The molecule has 0 aliphatic heterocycles. The van der Waals surface area contributed by atoms with Crippen molar-refractivity contribution < 1.29 is 18.7 Å². The van der Waals surface area contributed by atoms with Crippen molar-refractivity contribution in [1.29, 1.82) is 0 Å². The summed E-state index contributed by atoms with van der Waals surface area (Å²) in [5.41, 5.74) is -0.284. The first-order valence-corrected chi connectivity index (χ1v) is 5.98. The molecule has 0 radical (unpaired) electrons. The fourth-order valence-corrected chi connectivity index (χ4v) is 1.41. The first-order valence-electron chi connectivity index (χ1n) is 5.98. The lowest BCUT2D eigenvalue weighted by Gasteiger charge is -2.21. The lowest BCUT2D eigenvalue weighted by Crippen LogP contribution is -2.41. The van der Waals surface area contributed by atoms with Crippen molar-refractivity contribution in [1.82, 2.24) is 5.32 Å². The van der Waals surface area contributed by atoms with Crippen LogP contribution in [-0.4, -0.2) is 23.5 Å². The molecule has 1 amide bonds. The van der Waals surface area contributed by atoms with Gasteiger partial charge in [-0.3, -0.25) is 4.79 Å². The van der Waals surface area contributed by atoms with Gasteiger partial charge in [-0.1, -0.05) is 0 Å². The normalized spacial score (nSPS) is 12.7. The maximum atomic E-state index is 12.7. The summed E-state index contributed by atoms with van der Waals surface area (Å²) in [6.45, 7) is 6.76. The summed E-state index contributed by atoms with van der Waals surface area (Å²) in [5, 5.41) is 2.44. The molecule has 0 unspecified atom stereocenters. The average Bonchev–Trinajstić information content (AvgIpc) is 2.26. The van der Waals surface area contributed by atoms with Crippen molar-refractivity contribution in [2.45, 2.75) is 39.3 Å². The van der Waals surface area contributed by atoms with Gasteiger partial charge < -0.3 is 10.1 Å². The minimum Gasteiger partial charge on any atom is -0.444 e. The van der Waals surface area contributed by atoms with E-state index in [1.807, 2.05) is 0 Å². The van der Waals surface area contributed by atoms with Gasteiger partial charge in [-0.05, 0) is 52.0 Å². The first-order chi connectivity index (χ1) is 8.69. The number of alkyl carbamates (subject to hydrolysis) is 1. The molecule has 19 heavy (non-hydrogen) atoms. The van der Waals surface area contributed by atoms with E-state index in [9.17, 15) is 14.0 Å². The van der Waals surface area contributed by atoms with Crippen LogP contribution >= 0.6 is 0 Å². The van der Waals surface area contributed by atoms with E-state index in [1.54, 1.807) is 27.7 Å². The smallest absolute Gasteiger partial charge is 0.408 e. The minimum atomic E-state index is -0.736. The Bertz CT molecular complexity index is 463. The van der Waals surface area contributed by atoms with Crippen LogP contribution < -0.4 is 5.32 Å². The fourth-order valence-electron chi connectivity index (χ4n) is 1.41. The molecule has 4 nitrogen and oxygen atoms in total. The second kappa shape index (κ2) is 5.82. The standard InChI is InChI=1S/C14H18FNO3/c1-9(16-13(18)19-14(2,3)4)12(17)10-5-7-11(15)8-6-10/h5-9H,1-4H3,(H,16,18)/t9-/m1/s1. The Hall–Kier alpha value is -1.91. The summed E-state index contributed by atoms with van der Waals surface area (Å²) < 4.78 is 17.8. The zero-order chi connectivity index (χ0) is 14.6. The molecule has 0 fully saturated rings. The number of halogens is 1. The average molecular weight is 267 g/mol. The van der Waals surface area contributed by atoms with Gasteiger partial charge in [0.1, 0.15) is 11.4 Å². The fraction of sp³-hybridized carbons (Fsp3) is 0.429. The molecule has 1 aromatic carbocycles. The van der Waals surface area contributed by atoms with Gasteiger partial charge >= 0.3 is 6.09 Å². The molecule has 1 rings (SSSR count). The minimum absolute atomic E-state index is 0.300. The van der Waals surface area contributed by atoms with E-state index in [2.05, 4.69) is 5.32 Å². The summed E-state index contributed by atoms with van der Waals surface area (Å²) in [7, 11) is 0. The van der Waals surface area contributed by atoms with E-state index >= 15 is 0 Å². The van der Waals surface area contributed by atoms with Crippen molar-refractivity contribution in [3.05, 3.63) is 35.6 Å². The lowest BCUT2D eigenvalue weighted by molar-refractivity contribution is 0.0496. The number of carbonyl (C=O) groups is 2. The Labute approximate surface area is 112 Å². The summed E-state index contributed by atoms with van der Waals surface area (Å²) in [5.74, 6) is -0.713. The number of benzene rings is 1. The lowest BCUT2D eigenvalue weighted by atomic mass is 10.1. The van der Waals surface area contributed by atoms with Crippen molar-refractivity contribution in [3.8, 4) is 0 Å². The van der Waals surface area contributed by atoms with E-state index < -0.39 is 23.6 Å². The van der Waals surface area contributed by atoms with E-state index in [1.165, 1.54) is 24.3 Å². The highest BCUT2D eigenvalue weighted by Gasteiger charge is 2.21. The van der Waals surface area contributed by atoms with Gasteiger partial charge in [-0.15, -0.1) is 0 Å². The van der Waals surface area contributed by atoms with Crippen molar-refractivity contribution in [3.63, 3.8) is 0 Å². The Morgan fingerprint density at radius 3 is 2.21 bits per heavy atom.